The molecule has 0 aliphatic heterocycles. The summed E-state index contributed by atoms with van der Waals surface area (Å²) in [5, 5.41) is 0. The first-order valence-corrected chi connectivity index (χ1v) is 8.82. The molecular weight excluding hydrogens is 248 g/mol. The highest BCUT2D eigenvalue weighted by Gasteiger charge is 2.37. The van der Waals surface area contributed by atoms with Crippen molar-refractivity contribution in [2.45, 2.75) is 44.6 Å². The standard InChI is InChI=1S/C12H30N2O3Si/c1-15-18(16-2,12-8-10-14)17-11-7-5-3-4-6-9-13/h3-14H2,1-2H3. The van der Waals surface area contributed by atoms with Crippen LogP contribution in [-0.4, -0.2) is 42.7 Å². The molecule has 0 aromatic carbocycles. The second-order valence-electron chi connectivity index (χ2n) is 4.39. The van der Waals surface area contributed by atoms with Crippen molar-refractivity contribution in [2.75, 3.05) is 33.9 Å². The van der Waals surface area contributed by atoms with Crippen molar-refractivity contribution in [2.24, 2.45) is 11.5 Å². The summed E-state index contributed by atoms with van der Waals surface area (Å²) in [4.78, 5) is 0. The molecule has 0 saturated heterocycles. The van der Waals surface area contributed by atoms with Crippen molar-refractivity contribution >= 4 is 8.80 Å². The zero-order valence-electron chi connectivity index (χ0n) is 12.0. The molecule has 0 saturated carbocycles. The van der Waals surface area contributed by atoms with Crippen LogP contribution in [0.2, 0.25) is 6.04 Å². The van der Waals surface area contributed by atoms with Gasteiger partial charge in [-0.2, -0.15) is 0 Å². The fraction of sp³-hybridized carbons (Fsp3) is 1.00. The molecule has 0 fully saturated rings. The van der Waals surface area contributed by atoms with Crippen LogP contribution >= 0.6 is 0 Å². The molecule has 0 aromatic heterocycles. The van der Waals surface area contributed by atoms with Crippen LogP contribution in [0.4, 0.5) is 0 Å². The summed E-state index contributed by atoms with van der Waals surface area (Å²) in [6, 6.07) is 0.795. The third-order valence-corrected chi connectivity index (χ3v) is 5.83. The molecule has 0 aromatic rings. The van der Waals surface area contributed by atoms with E-state index >= 15 is 0 Å². The minimum atomic E-state index is -2.44. The fourth-order valence-electron chi connectivity index (χ4n) is 1.80. The Kier molecular flexibility index (Phi) is 12.1. The highest BCUT2D eigenvalue weighted by Crippen LogP contribution is 2.16. The average Bonchev–Trinajstić information content (AvgIpc) is 2.42. The smallest absolute Gasteiger partial charge is 0.377 e. The Hall–Kier alpha value is 0.0169. The molecule has 110 valence electrons. The number of rotatable bonds is 13. The Balaban J connectivity index is 3.69. The van der Waals surface area contributed by atoms with Crippen molar-refractivity contribution in [1.82, 2.24) is 0 Å². The van der Waals surface area contributed by atoms with Crippen molar-refractivity contribution in [3.8, 4) is 0 Å². The van der Waals surface area contributed by atoms with E-state index in [9.17, 15) is 0 Å². The van der Waals surface area contributed by atoms with Crippen LogP contribution in [-0.2, 0) is 13.3 Å². The number of unbranched alkanes of at least 4 members (excludes halogenated alkanes) is 4. The van der Waals surface area contributed by atoms with Gasteiger partial charge in [-0.05, 0) is 32.4 Å². The molecule has 0 bridgehead atoms. The monoisotopic (exact) mass is 278 g/mol. The van der Waals surface area contributed by atoms with Crippen LogP contribution in [0, 0.1) is 0 Å². The van der Waals surface area contributed by atoms with Gasteiger partial charge in [0.25, 0.3) is 0 Å². The van der Waals surface area contributed by atoms with Gasteiger partial charge < -0.3 is 24.7 Å². The van der Waals surface area contributed by atoms with Crippen LogP contribution in [0.3, 0.4) is 0 Å². The van der Waals surface area contributed by atoms with Gasteiger partial charge in [0.15, 0.2) is 0 Å². The van der Waals surface area contributed by atoms with Crippen molar-refractivity contribution in [3.63, 3.8) is 0 Å². The molecule has 18 heavy (non-hydrogen) atoms. The molecule has 5 nitrogen and oxygen atoms in total. The van der Waals surface area contributed by atoms with E-state index in [2.05, 4.69) is 0 Å². The maximum atomic E-state index is 5.85. The molecule has 4 N–H and O–H groups in total. The normalized spacial score (nSPS) is 12.0. The second-order valence-corrected chi connectivity index (χ2v) is 7.36. The lowest BCUT2D eigenvalue weighted by molar-refractivity contribution is 0.0959. The third kappa shape index (κ3) is 8.18. The molecule has 0 rings (SSSR count). The Bertz CT molecular complexity index is 181. The molecule has 0 spiro atoms. The van der Waals surface area contributed by atoms with E-state index < -0.39 is 8.80 Å². The van der Waals surface area contributed by atoms with Crippen LogP contribution < -0.4 is 11.5 Å². The van der Waals surface area contributed by atoms with Gasteiger partial charge in [-0.1, -0.05) is 19.3 Å². The number of nitrogens with two attached hydrogens (primary N) is 2. The van der Waals surface area contributed by atoms with E-state index in [4.69, 9.17) is 24.7 Å². The molecule has 0 aliphatic carbocycles. The minimum absolute atomic E-state index is 0.643. The lowest BCUT2D eigenvalue weighted by atomic mass is 10.1. The second kappa shape index (κ2) is 12.1. The largest absolute Gasteiger partial charge is 0.500 e. The van der Waals surface area contributed by atoms with Crippen LogP contribution in [0.25, 0.3) is 0 Å². The summed E-state index contributed by atoms with van der Waals surface area (Å²) in [5.74, 6) is 0. The maximum absolute atomic E-state index is 5.85. The number of hydrogen-bond donors (Lipinski definition) is 2. The van der Waals surface area contributed by atoms with E-state index in [1.165, 1.54) is 19.3 Å². The summed E-state index contributed by atoms with van der Waals surface area (Å²) < 4.78 is 16.8. The molecule has 0 atom stereocenters. The average molecular weight is 278 g/mol. The van der Waals surface area contributed by atoms with E-state index in [0.29, 0.717) is 13.2 Å². The van der Waals surface area contributed by atoms with Gasteiger partial charge in [-0.25, -0.2) is 0 Å². The Labute approximate surface area is 113 Å². The lowest BCUT2D eigenvalue weighted by Crippen LogP contribution is -2.44. The topological polar surface area (TPSA) is 79.7 Å². The Morgan fingerprint density at radius 2 is 1.33 bits per heavy atom. The van der Waals surface area contributed by atoms with Crippen LogP contribution in [0.5, 0.6) is 0 Å². The lowest BCUT2D eigenvalue weighted by Gasteiger charge is -2.26. The molecule has 0 aliphatic rings. The SMILES string of the molecule is CO[Si](CCCN)(OC)OCCCCCCCN. The van der Waals surface area contributed by atoms with Crippen molar-refractivity contribution < 1.29 is 13.3 Å². The molecule has 0 radical (unpaired) electrons. The van der Waals surface area contributed by atoms with Gasteiger partial charge in [0.2, 0.25) is 0 Å². The van der Waals surface area contributed by atoms with Crippen molar-refractivity contribution in [1.29, 1.82) is 0 Å². The first-order chi connectivity index (χ1) is 8.74. The predicted octanol–water partition coefficient (Wildman–Crippen LogP) is 1.49. The summed E-state index contributed by atoms with van der Waals surface area (Å²) in [7, 11) is 0.881. The van der Waals surface area contributed by atoms with Gasteiger partial charge in [-0.15, -0.1) is 0 Å². The first kappa shape index (κ1) is 18.0. The summed E-state index contributed by atoms with van der Waals surface area (Å²) in [6.07, 6.45) is 6.65. The minimum Gasteiger partial charge on any atom is -0.377 e. The quantitative estimate of drug-likeness (QED) is 0.394. The van der Waals surface area contributed by atoms with Gasteiger partial charge >= 0.3 is 8.80 Å². The zero-order chi connectivity index (χ0) is 13.7. The Morgan fingerprint density at radius 3 is 1.89 bits per heavy atom. The molecule has 0 amide bonds. The molecule has 0 unspecified atom stereocenters. The van der Waals surface area contributed by atoms with E-state index in [-0.39, 0.29) is 0 Å². The highest BCUT2D eigenvalue weighted by atomic mass is 28.4. The third-order valence-electron chi connectivity index (χ3n) is 2.98. The summed E-state index contributed by atoms with van der Waals surface area (Å²) in [5.41, 5.74) is 11.0. The maximum Gasteiger partial charge on any atom is 0.500 e. The van der Waals surface area contributed by atoms with Gasteiger partial charge in [-0.3, -0.25) is 0 Å². The van der Waals surface area contributed by atoms with Gasteiger partial charge in [0.05, 0.1) is 0 Å². The van der Waals surface area contributed by atoms with Gasteiger partial charge in [0, 0.05) is 26.9 Å². The number of hydrogen-bond acceptors (Lipinski definition) is 5. The molecular formula is C12H30N2O3Si. The summed E-state index contributed by atoms with van der Waals surface area (Å²) in [6.45, 7) is 2.14. The van der Waals surface area contributed by atoms with Crippen LogP contribution in [0.15, 0.2) is 0 Å². The zero-order valence-corrected chi connectivity index (χ0v) is 13.0. The molecule has 6 heteroatoms. The fourth-order valence-corrected chi connectivity index (χ4v) is 3.85. The molecule has 0 heterocycles. The van der Waals surface area contributed by atoms with E-state index in [1.54, 1.807) is 14.2 Å². The first-order valence-electron chi connectivity index (χ1n) is 6.89. The van der Waals surface area contributed by atoms with E-state index in [1.807, 2.05) is 0 Å². The Morgan fingerprint density at radius 1 is 0.778 bits per heavy atom. The predicted molar refractivity (Wildman–Crippen MR) is 76.3 cm³/mol. The van der Waals surface area contributed by atoms with Crippen LogP contribution in [0.1, 0.15) is 38.5 Å². The van der Waals surface area contributed by atoms with E-state index in [0.717, 1.165) is 31.9 Å². The van der Waals surface area contributed by atoms with Gasteiger partial charge in [0.1, 0.15) is 0 Å². The van der Waals surface area contributed by atoms with Crippen molar-refractivity contribution in [3.05, 3.63) is 0 Å². The highest BCUT2D eigenvalue weighted by molar-refractivity contribution is 6.60. The summed E-state index contributed by atoms with van der Waals surface area (Å²) >= 11 is 0.